The van der Waals surface area contributed by atoms with Crippen LogP contribution in [0.25, 0.3) is 11.4 Å². The van der Waals surface area contributed by atoms with Crippen molar-refractivity contribution in [2.75, 3.05) is 6.61 Å². The molecule has 1 aromatic carbocycles. The summed E-state index contributed by atoms with van der Waals surface area (Å²) in [6.45, 7) is 2.96. The minimum Gasteiger partial charge on any atom is -0.490 e. The quantitative estimate of drug-likeness (QED) is 0.146. The van der Waals surface area contributed by atoms with E-state index in [4.69, 9.17) is 9.47 Å². The second-order valence-electron chi connectivity index (χ2n) is 11.2. The number of esters is 1. The number of carbonyl (C=O) groups is 1. The lowest BCUT2D eigenvalue weighted by Gasteiger charge is -2.27. The largest absolute Gasteiger partial charge is 0.490 e. The normalized spacial score (nSPS) is 20.1. The van der Waals surface area contributed by atoms with Crippen LogP contribution in [0.2, 0.25) is 0 Å². The first-order valence-electron chi connectivity index (χ1n) is 15.0. The van der Waals surface area contributed by atoms with Crippen molar-refractivity contribution in [3.8, 4) is 22.9 Å². The summed E-state index contributed by atoms with van der Waals surface area (Å²) in [5.74, 6) is 3.66. The van der Waals surface area contributed by atoms with Gasteiger partial charge in [0.1, 0.15) is 5.75 Å². The summed E-state index contributed by atoms with van der Waals surface area (Å²) in [6.07, 6.45) is 23.7. The molecule has 202 valence electrons. The molecule has 0 bridgehead atoms. The maximum atomic E-state index is 12.7. The highest BCUT2D eigenvalue weighted by molar-refractivity contribution is 5.75. The van der Waals surface area contributed by atoms with Gasteiger partial charge >= 0.3 is 5.97 Å². The van der Waals surface area contributed by atoms with Crippen LogP contribution in [-0.2, 0) is 4.79 Å². The Morgan fingerprint density at radius 2 is 1.43 bits per heavy atom. The highest BCUT2D eigenvalue weighted by Gasteiger charge is 2.27. The molecule has 2 aliphatic carbocycles. The molecule has 2 aromatic rings. The predicted molar refractivity (Wildman–Crippen MR) is 149 cm³/mol. The van der Waals surface area contributed by atoms with E-state index in [2.05, 4.69) is 16.9 Å². The van der Waals surface area contributed by atoms with Gasteiger partial charge in [0.05, 0.1) is 24.9 Å². The zero-order valence-corrected chi connectivity index (χ0v) is 22.8. The molecule has 37 heavy (non-hydrogen) atoms. The van der Waals surface area contributed by atoms with Gasteiger partial charge in [-0.25, -0.2) is 9.97 Å². The fraction of sp³-hybridized carbons (Fsp3) is 0.656. The Hall–Kier alpha value is -2.43. The molecule has 5 nitrogen and oxygen atoms in total. The molecule has 4 rings (SSSR count). The summed E-state index contributed by atoms with van der Waals surface area (Å²) < 4.78 is 11.5. The van der Waals surface area contributed by atoms with Crippen LogP contribution in [0.15, 0.2) is 36.7 Å². The second kappa shape index (κ2) is 15.1. The van der Waals surface area contributed by atoms with E-state index in [0.717, 1.165) is 49.5 Å². The fourth-order valence-corrected chi connectivity index (χ4v) is 5.98. The Balaban J connectivity index is 1.14. The molecule has 0 unspecified atom stereocenters. The summed E-state index contributed by atoms with van der Waals surface area (Å²) in [7, 11) is 0. The van der Waals surface area contributed by atoms with Crippen LogP contribution in [0.3, 0.4) is 0 Å². The van der Waals surface area contributed by atoms with Crippen LogP contribution in [0.4, 0.5) is 0 Å². The van der Waals surface area contributed by atoms with Gasteiger partial charge in [-0.3, -0.25) is 4.79 Å². The first-order valence-corrected chi connectivity index (χ1v) is 15.0. The van der Waals surface area contributed by atoms with Gasteiger partial charge in [-0.05, 0) is 68.2 Å². The number of unbranched alkanes of at least 4 members (excludes halogenated alkanes) is 4. The molecule has 0 amide bonds. The van der Waals surface area contributed by atoms with Crippen molar-refractivity contribution in [2.24, 2.45) is 17.8 Å². The molecule has 0 spiro atoms. The summed E-state index contributed by atoms with van der Waals surface area (Å²) in [5.41, 5.74) is 0.894. The third-order valence-corrected chi connectivity index (χ3v) is 8.36. The smallest absolute Gasteiger partial charge is 0.314 e. The van der Waals surface area contributed by atoms with Gasteiger partial charge in [0, 0.05) is 5.56 Å². The Labute approximate surface area is 223 Å². The first kappa shape index (κ1) is 27.6. The molecule has 0 radical (unpaired) electrons. The van der Waals surface area contributed by atoms with Crippen LogP contribution < -0.4 is 9.47 Å². The summed E-state index contributed by atoms with van der Waals surface area (Å²) in [6, 6.07) is 7.49. The number of benzene rings is 1. The van der Waals surface area contributed by atoms with E-state index in [0.29, 0.717) is 23.9 Å². The van der Waals surface area contributed by atoms with Gasteiger partial charge < -0.3 is 9.47 Å². The van der Waals surface area contributed by atoms with E-state index in [9.17, 15) is 4.79 Å². The molecule has 2 saturated carbocycles. The maximum Gasteiger partial charge on any atom is 0.314 e. The minimum absolute atomic E-state index is 0.0327. The van der Waals surface area contributed by atoms with E-state index in [1.807, 2.05) is 24.3 Å². The summed E-state index contributed by atoms with van der Waals surface area (Å²) >= 11 is 0. The third-order valence-electron chi connectivity index (χ3n) is 8.36. The van der Waals surface area contributed by atoms with Gasteiger partial charge in [-0.15, -0.1) is 0 Å². The Morgan fingerprint density at radius 3 is 2.11 bits per heavy atom. The lowest BCUT2D eigenvalue weighted by Crippen LogP contribution is -2.25. The molecule has 0 aliphatic heterocycles. The van der Waals surface area contributed by atoms with Crippen LogP contribution in [0, 0.1) is 17.8 Å². The van der Waals surface area contributed by atoms with Crippen molar-refractivity contribution in [1.29, 1.82) is 0 Å². The Bertz CT molecular complexity index is 914. The Morgan fingerprint density at radius 1 is 0.784 bits per heavy atom. The van der Waals surface area contributed by atoms with E-state index in [1.54, 1.807) is 12.4 Å². The molecular formula is C32H46N2O3. The SMILES string of the molecule is CCCCCC1CCC(C(=O)Oc2ccc(-c3ncc(OCCCCCC4CCCC4)cn3)cc2)CC1. The van der Waals surface area contributed by atoms with Gasteiger partial charge in [-0.2, -0.15) is 0 Å². The molecule has 1 heterocycles. The molecule has 2 fully saturated rings. The van der Waals surface area contributed by atoms with Crippen LogP contribution in [0.5, 0.6) is 11.5 Å². The number of hydrogen-bond donors (Lipinski definition) is 0. The maximum absolute atomic E-state index is 12.7. The number of ether oxygens (including phenoxy) is 2. The van der Waals surface area contributed by atoms with Gasteiger partial charge in [0.15, 0.2) is 11.6 Å². The third kappa shape index (κ3) is 9.12. The van der Waals surface area contributed by atoms with Crippen molar-refractivity contribution in [1.82, 2.24) is 9.97 Å². The van der Waals surface area contributed by atoms with E-state index < -0.39 is 0 Å². The summed E-state index contributed by atoms with van der Waals surface area (Å²) in [5, 5.41) is 0. The monoisotopic (exact) mass is 506 g/mol. The minimum atomic E-state index is -0.0870. The predicted octanol–water partition coefficient (Wildman–Crippen LogP) is 8.57. The highest BCUT2D eigenvalue weighted by Crippen LogP contribution is 2.33. The van der Waals surface area contributed by atoms with Crippen molar-refractivity contribution in [2.45, 2.75) is 110 Å². The van der Waals surface area contributed by atoms with Gasteiger partial charge in [-0.1, -0.05) is 77.6 Å². The van der Waals surface area contributed by atoms with Crippen LogP contribution >= 0.6 is 0 Å². The first-order chi connectivity index (χ1) is 18.2. The zero-order valence-electron chi connectivity index (χ0n) is 22.8. The topological polar surface area (TPSA) is 61.3 Å². The molecule has 5 heteroatoms. The standard InChI is InChI=1S/C32H46N2O3/c1-2-3-5-10-26-14-16-28(17-15-26)32(35)37-29-20-18-27(19-21-29)31-33-23-30(24-34-31)36-22-9-4-6-11-25-12-7-8-13-25/h18-21,23-26,28H,2-17,22H2,1H3. The van der Waals surface area contributed by atoms with Crippen LogP contribution in [0.1, 0.15) is 110 Å². The number of nitrogens with zero attached hydrogens (tertiary/aromatic N) is 2. The van der Waals surface area contributed by atoms with Gasteiger partial charge in [0.25, 0.3) is 0 Å². The van der Waals surface area contributed by atoms with Crippen molar-refractivity contribution in [3.05, 3.63) is 36.7 Å². The molecule has 2 aliphatic rings. The molecule has 0 saturated heterocycles. The molecule has 0 N–H and O–H groups in total. The summed E-state index contributed by atoms with van der Waals surface area (Å²) in [4.78, 5) is 21.6. The number of aromatic nitrogens is 2. The molecule has 0 atom stereocenters. The average molecular weight is 507 g/mol. The van der Waals surface area contributed by atoms with Crippen LogP contribution in [-0.4, -0.2) is 22.5 Å². The average Bonchev–Trinajstić information content (AvgIpc) is 3.46. The number of hydrogen-bond acceptors (Lipinski definition) is 5. The lowest BCUT2D eigenvalue weighted by atomic mass is 9.80. The zero-order chi connectivity index (χ0) is 25.7. The number of rotatable bonds is 14. The van der Waals surface area contributed by atoms with Crippen molar-refractivity contribution in [3.63, 3.8) is 0 Å². The van der Waals surface area contributed by atoms with E-state index in [1.165, 1.54) is 70.6 Å². The van der Waals surface area contributed by atoms with Crippen molar-refractivity contribution >= 4 is 5.97 Å². The Kier molecular flexibility index (Phi) is 11.3. The van der Waals surface area contributed by atoms with E-state index >= 15 is 0 Å². The highest BCUT2D eigenvalue weighted by atomic mass is 16.5. The fourth-order valence-electron chi connectivity index (χ4n) is 5.98. The van der Waals surface area contributed by atoms with Gasteiger partial charge in [0.2, 0.25) is 0 Å². The number of carbonyl (C=O) groups excluding carboxylic acids is 1. The van der Waals surface area contributed by atoms with E-state index in [-0.39, 0.29) is 11.9 Å². The molecule has 1 aromatic heterocycles. The lowest BCUT2D eigenvalue weighted by molar-refractivity contribution is -0.140. The second-order valence-corrected chi connectivity index (χ2v) is 11.2. The molecular weight excluding hydrogens is 460 g/mol. The van der Waals surface area contributed by atoms with Crippen molar-refractivity contribution < 1.29 is 14.3 Å².